The van der Waals surface area contributed by atoms with Crippen molar-refractivity contribution in [2.75, 3.05) is 26.2 Å². The molecule has 2 aromatic rings. The summed E-state index contributed by atoms with van der Waals surface area (Å²) in [5.41, 5.74) is 0.126. The molecule has 0 radical (unpaired) electrons. The highest BCUT2D eigenvalue weighted by Gasteiger charge is 2.26. The van der Waals surface area contributed by atoms with Gasteiger partial charge in [0.05, 0.1) is 21.4 Å². The van der Waals surface area contributed by atoms with Gasteiger partial charge in [-0.3, -0.25) is 15.0 Å². The van der Waals surface area contributed by atoms with Crippen LogP contribution in [-0.2, 0) is 0 Å². The molecule has 1 aliphatic heterocycles. The fraction of sp³-hybridized carbons (Fsp3) is 0.412. The van der Waals surface area contributed by atoms with Crippen LogP contribution in [0.3, 0.4) is 0 Å². The second kappa shape index (κ2) is 6.63. The minimum atomic E-state index is -0.506. The van der Waals surface area contributed by atoms with E-state index >= 15 is 0 Å². The fourth-order valence-electron chi connectivity index (χ4n) is 2.85. The molecule has 130 valence electrons. The number of rotatable bonds is 2. The van der Waals surface area contributed by atoms with Gasteiger partial charge in [0.2, 0.25) is 5.88 Å². The number of hydrogen-bond donors (Lipinski definition) is 2. The SMILES string of the molecule is CC(C)(C#Cc1cc2ncnc(O)c2cc1[N+](=O)[O-])N1CCNCC1. The Balaban J connectivity index is 2.03. The zero-order valence-corrected chi connectivity index (χ0v) is 14.1. The van der Waals surface area contributed by atoms with Gasteiger partial charge < -0.3 is 10.4 Å². The van der Waals surface area contributed by atoms with Crippen molar-refractivity contribution in [2.24, 2.45) is 0 Å². The van der Waals surface area contributed by atoms with E-state index in [-0.39, 0.29) is 22.5 Å². The molecule has 3 rings (SSSR count). The smallest absolute Gasteiger partial charge is 0.285 e. The molecular weight excluding hydrogens is 322 g/mol. The Labute approximate surface area is 145 Å². The number of nitro groups is 1. The second-order valence-electron chi connectivity index (χ2n) is 6.39. The highest BCUT2D eigenvalue weighted by atomic mass is 16.6. The van der Waals surface area contributed by atoms with Gasteiger partial charge in [0.15, 0.2) is 0 Å². The number of aromatic hydroxyl groups is 1. The molecule has 0 bridgehead atoms. The summed E-state index contributed by atoms with van der Waals surface area (Å²) in [5.74, 6) is 5.82. The summed E-state index contributed by atoms with van der Waals surface area (Å²) >= 11 is 0. The van der Waals surface area contributed by atoms with Crippen LogP contribution in [0.2, 0.25) is 0 Å². The predicted molar refractivity (Wildman–Crippen MR) is 93.3 cm³/mol. The predicted octanol–water partition coefficient (Wildman–Crippen LogP) is 1.28. The molecule has 1 saturated heterocycles. The van der Waals surface area contributed by atoms with Crippen molar-refractivity contribution in [2.45, 2.75) is 19.4 Å². The van der Waals surface area contributed by atoms with Crippen molar-refractivity contribution in [3.8, 4) is 17.7 Å². The van der Waals surface area contributed by atoms with Crippen molar-refractivity contribution in [1.29, 1.82) is 0 Å². The Morgan fingerprint density at radius 2 is 2.04 bits per heavy atom. The van der Waals surface area contributed by atoms with Crippen LogP contribution >= 0.6 is 0 Å². The van der Waals surface area contributed by atoms with Gasteiger partial charge in [-0.15, -0.1) is 0 Å². The van der Waals surface area contributed by atoms with E-state index in [9.17, 15) is 15.2 Å². The first-order valence-electron chi connectivity index (χ1n) is 7.99. The van der Waals surface area contributed by atoms with E-state index in [1.807, 2.05) is 13.8 Å². The van der Waals surface area contributed by atoms with Crippen molar-refractivity contribution in [3.05, 3.63) is 34.1 Å². The maximum Gasteiger partial charge on any atom is 0.285 e. The number of hydrogen-bond acceptors (Lipinski definition) is 7. The number of piperazine rings is 1. The van der Waals surface area contributed by atoms with Crippen LogP contribution in [0.5, 0.6) is 5.88 Å². The number of aromatic nitrogens is 2. The van der Waals surface area contributed by atoms with E-state index < -0.39 is 10.5 Å². The van der Waals surface area contributed by atoms with Gasteiger partial charge in [-0.05, 0) is 19.9 Å². The molecule has 8 nitrogen and oxygen atoms in total. The Kier molecular flexibility index (Phi) is 4.53. The van der Waals surface area contributed by atoms with Crippen LogP contribution in [0.15, 0.2) is 18.5 Å². The van der Waals surface area contributed by atoms with Crippen LogP contribution in [-0.4, -0.2) is 56.6 Å². The third-order valence-corrected chi connectivity index (χ3v) is 4.34. The molecule has 0 unspecified atom stereocenters. The number of benzene rings is 1. The van der Waals surface area contributed by atoms with E-state index in [0.29, 0.717) is 5.52 Å². The number of fused-ring (bicyclic) bond motifs is 1. The quantitative estimate of drug-likeness (QED) is 0.481. The summed E-state index contributed by atoms with van der Waals surface area (Å²) in [6, 6.07) is 2.79. The number of nitro benzene ring substituents is 1. The summed E-state index contributed by atoms with van der Waals surface area (Å²) in [4.78, 5) is 20.9. The molecule has 1 fully saturated rings. The zero-order chi connectivity index (χ0) is 18.0. The van der Waals surface area contributed by atoms with Crippen LogP contribution in [0, 0.1) is 22.0 Å². The van der Waals surface area contributed by atoms with Crippen LogP contribution in [0.4, 0.5) is 5.69 Å². The van der Waals surface area contributed by atoms with Crippen molar-refractivity contribution >= 4 is 16.6 Å². The van der Waals surface area contributed by atoms with Gasteiger partial charge in [-0.1, -0.05) is 11.8 Å². The topological polar surface area (TPSA) is 104 Å². The summed E-state index contributed by atoms with van der Waals surface area (Å²) in [5, 5.41) is 24.7. The minimum Gasteiger partial charge on any atom is -0.493 e. The average Bonchev–Trinajstić information content (AvgIpc) is 2.60. The highest BCUT2D eigenvalue weighted by molar-refractivity contribution is 5.87. The van der Waals surface area contributed by atoms with Gasteiger partial charge in [0, 0.05) is 32.2 Å². The molecule has 25 heavy (non-hydrogen) atoms. The summed E-state index contributed by atoms with van der Waals surface area (Å²) in [6.45, 7) is 7.57. The molecule has 1 aromatic carbocycles. The molecule has 0 atom stereocenters. The molecule has 8 heteroatoms. The molecule has 0 spiro atoms. The molecule has 0 amide bonds. The lowest BCUT2D eigenvalue weighted by atomic mass is 10.0. The fourth-order valence-corrected chi connectivity index (χ4v) is 2.85. The van der Waals surface area contributed by atoms with Gasteiger partial charge in [-0.2, -0.15) is 0 Å². The van der Waals surface area contributed by atoms with Crippen molar-refractivity contribution in [3.63, 3.8) is 0 Å². The van der Waals surface area contributed by atoms with E-state index in [2.05, 4.69) is 32.0 Å². The molecular formula is C17H19N5O3. The van der Waals surface area contributed by atoms with Gasteiger partial charge >= 0.3 is 0 Å². The Bertz CT molecular complexity index is 879. The summed E-state index contributed by atoms with van der Waals surface area (Å²) in [7, 11) is 0. The standard InChI is InChI=1S/C17H19N5O3/c1-17(2,21-7-5-18-6-8-21)4-3-12-9-14-13(10-15(12)22(24)25)16(23)20-11-19-14/h9-11,18H,5-8H2,1-2H3,(H,19,20,23). The first-order valence-corrected chi connectivity index (χ1v) is 7.99. The second-order valence-corrected chi connectivity index (χ2v) is 6.39. The third kappa shape index (κ3) is 3.52. The number of nitrogens with zero attached hydrogens (tertiary/aromatic N) is 4. The average molecular weight is 341 g/mol. The van der Waals surface area contributed by atoms with Crippen LogP contribution in [0.1, 0.15) is 19.4 Å². The van der Waals surface area contributed by atoms with E-state index in [1.54, 1.807) is 0 Å². The monoisotopic (exact) mass is 341 g/mol. The maximum absolute atomic E-state index is 11.4. The Morgan fingerprint density at radius 1 is 1.32 bits per heavy atom. The largest absolute Gasteiger partial charge is 0.493 e. The summed E-state index contributed by atoms with van der Waals surface area (Å²) < 4.78 is 0. The van der Waals surface area contributed by atoms with Gasteiger partial charge in [0.25, 0.3) is 5.69 Å². The molecule has 1 aromatic heterocycles. The molecule has 2 heterocycles. The lowest BCUT2D eigenvalue weighted by molar-refractivity contribution is -0.385. The van der Waals surface area contributed by atoms with E-state index in [0.717, 1.165) is 26.2 Å². The number of nitrogens with one attached hydrogen (secondary N) is 1. The van der Waals surface area contributed by atoms with Gasteiger partial charge in [-0.25, -0.2) is 9.97 Å². The van der Waals surface area contributed by atoms with Crippen LogP contribution < -0.4 is 5.32 Å². The Morgan fingerprint density at radius 3 is 2.72 bits per heavy atom. The maximum atomic E-state index is 11.4. The van der Waals surface area contributed by atoms with Crippen molar-refractivity contribution < 1.29 is 10.0 Å². The third-order valence-electron chi connectivity index (χ3n) is 4.34. The van der Waals surface area contributed by atoms with E-state index in [4.69, 9.17) is 0 Å². The Hall–Kier alpha value is -2.76. The lowest BCUT2D eigenvalue weighted by Crippen LogP contribution is -2.52. The normalized spacial score (nSPS) is 15.6. The molecule has 0 saturated carbocycles. The summed E-state index contributed by atoms with van der Waals surface area (Å²) in [6.07, 6.45) is 1.21. The van der Waals surface area contributed by atoms with Crippen molar-refractivity contribution in [1.82, 2.24) is 20.2 Å². The molecule has 2 N–H and O–H groups in total. The molecule has 1 aliphatic rings. The minimum absolute atomic E-state index is 0.166. The zero-order valence-electron chi connectivity index (χ0n) is 14.1. The van der Waals surface area contributed by atoms with E-state index in [1.165, 1.54) is 18.5 Å². The van der Waals surface area contributed by atoms with Crippen LogP contribution in [0.25, 0.3) is 10.9 Å². The van der Waals surface area contributed by atoms with Gasteiger partial charge in [0.1, 0.15) is 11.9 Å². The molecule has 0 aliphatic carbocycles. The first kappa shape index (κ1) is 17.1. The first-order chi connectivity index (χ1) is 11.9. The highest BCUT2D eigenvalue weighted by Crippen LogP contribution is 2.28. The lowest BCUT2D eigenvalue weighted by Gasteiger charge is -2.37.